The average Bonchev–Trinajstić information content (AvgIpc) is 2.90. The Morgan fingerprint density at radius 1 is 0.711 bits per heavy atom. The fourth-order valence-corrected chi connectivity index (χ4v) is 4.48. The summed E-state index contributed by atoms with van der Waals surface area (Å²) in [6.07, 6.45) is 0.0543. The molecule has 4 aromatic rings. The smallest absolute Gasteiger partial charge is 0.326 e. The molecule has 0 saturated heterocycles. The van der Waals surface area contributed by atoms with Crippen molar-refractivity contribution < 1.29 is 19.5 Å². The molecule has 0 fully saturated rings. The van der Waals surface area contributed by atoms with E-state index >= 15 is 0 Å². The summed E-state index contributed by atoms with van der Waals surface area (Å²) in [6.45, 7) is 0. The van der Waals surface area contributed by atoms with Gasteiger partial charge >= 0.3 is 5.97 Å². The lowest BCUT2D eigenvalue weighted by Gasteiger charge is -2.17. The molecule has 192 valence electrons. The van der Waals surface area contributed by atoms with Crippen LogP contribution in [0.15, 0.2) is 91.0 Å². The predicted molar refractivity (Wildman–Crippen MR) is 150 cm³/mol. The number of benzene rings is 4. The van der Waals surface area contributed by atoms with Gasteiger partial charge in [-0.2, -0.15) is 0 Å². The van der Waals surface area contributed by atoms with E-state index in [-0.39, 0.29) is 33.3 Å². The molecule has 0 aliphatic carbocycles. The molecule has 38 heavy (non-hydrogen) atoms. The fourth-order valence-electron chi connectivity index (χ4n) is 3.81. The molecule has 0 aliphatic heterocycles. The van der Waals surface area contributed by atoms with Gasteiger partial charge in [0.2, 0.25) is 0 Å². The van der Waals surface area contributed by atoms with Crippen molar-refractivity contribution >= 4 is 58.3 Å². The molecule has 4 rings (SSSR count). The van der Waals surface area contributed by atoms with Gasteiger partial charge in [0.15, 0.2) is 0 Å². The van der Waals surface area contributed by atoms with Crippen LogP contribution in [0.2, 0.25) is 15.1 Å². The van der Waals surface area contributed by atoms with Crippen LogP contribution < -0.4 is 10.6 Å². The zero-order chi connectivity index (χ0) is 27.2. The van der Waals surface area contributed by atoms with Crippen molar-refractivity contribution in [1.29, 1.82) is 0 Å². The lowest BCUT2D eigenvalue weighted by atomic mass is 10.0. The third kappa shape index (κ3) is 6.72. The van der Waals surface area contributed by atoms with Crippen LogP contribution in [0.5, 0.6) is 0 Å². The molecular weight excluding hydrogens is 547 g/mol. The Morgan fingerprint density at radius 3 is 2.00 bits per heavy atom. The highest BCUT2D eigenvalue weighted by Gasteiger charge is 2.24. The van der Waals surface area contributed by atoms with E-state index in [0.29, 0.717) is 5.02 Å². The molecule has 1 unspecified atom stereocenters. The average molecular weight is 568 g/mol. The molecular formula is C29H21Cl3N2O4. The van der Waals surface area contributed by atoms with Gasteiger partial charge in [0, 0.05) is 16.5 Å². The van der Waals surface area contributed by atoms with Crippen molar-refractivity contribution in [1.82, 2.24) is 5.32 Å². The van der Waals surface area contributed by atoms with Crippen molar-refractivity contribution in [2.24, 2.45) is 0 Å². The van der Waals surface area contributed by atoms with Gasteiger partial charge in [0.25, 0.3) is 11.8 Å². The number of halogens is 3. The second kappa shape index (κ2) is 12.1. The lowest BCUT2D eigenvalue weighted by molar-refractivity contribution is -0.139. The molecule has 0 radical (unpaired) electrons. The second-order valence-electron chi connectivity index (χ2n) is 8.40. The highest BCUT2D eigenvalue weighted by atomic mass is 35.5. The van der Waals surface area contributed by atoms with Crippen LogP contribution in [0.4, 0.5) is 5.69 Å². The molecule has 0 spiro atoms. The largest absolute Gasteiger partial charge is 0.480 e. The number of carboxylic acid groups (broad SMARTS) is 1. The van der Waals surface area contributed by atoms with Gasteiger partial charge in [0.05, 0.1) is 21.8 Å². The maximum Gasteiger partial charge on any atom is 0.326 e. The Balaban J connectivity index is 1.51. The number of amides is 2. The summed E-state index contributed by atoms with van der Waals surface area (Å²) >= 11 is 18.1. The van der Waals surface area contributed by atoms with E-state index in [1.165, 1.54) is 36.4 Å². The predicted octanol–water partition coefficient (Wildman–Crippen LogP) is 6.99. The number of carbonyl (C=O) groups is 3. The quantitative estimate of drug-likeness (QED) is 0.214. The molecule has 0 aliphatic rings. The SMILES string of the molecule is O=C(Nc1ccc(Cl)cc1C(=O)NC(Cc1ccc(-c2ccccc2)cc1)C(=O)O)c1ccc(Cl)cc1Cl. The summed E-state index contributed by atoms with van der Waals surface area (Å²) in [5.41, 5.74) is 3.05. The van der Waals surface area contributed by atoms with Crippen molar-refractivity contribution in [2.75, 3.05) is 5.32 Å². The van der Waals surface area contributed by atoms with E-state index in [2.05, 4.69) is 10.6 Å². The van der Waals surface area contributed by atoms with Crippen LogP contribution in [0.1, 0.15) is 26.3 Å². The number of nitrogens with one attached hydrogen (secondary N) is 2. The van der Waals surface area contributed by atoms with Crippen molar-refractivity contribution in [3.8, 4) is 11.1 Å². The topological polar surface area (TPSA) is 95.5 Å². The van der Waals surface area contributed by atoms with E-state index in [1.807, 2.05) is 54.6 Å². The van der Waals surface area contributed by atoms with Crippen molar-refractivity contribution in [3.63, 3.8) is 0 Å². The molecule has 9 heteroatoms. The molecule has 2 amide bonds. The van der Waals surface area contributed by atoms with Crippen LogP contribution in [-0.4, -0.2) is 28.9 Å². The number of hydrogen-bond acceptors (Lipinski definition) is 3. The van der Waals surface area contributed by atoms with Gasteiger partial charge in [-0.15, -0.1) is 0 Å². The maximum atomic E-state index is 13.2. The van der Waals surface area contributed by atoms with Crippen LogP contribution in [-0.2, 0) is 11.2 Å². The minimum absolute atomic E-state index is 0.00149. The first-order valence-electron chi connectivity index (χ1n) is 11.5. The van der Waals surface area contributed by atoms with Gasteiger partial charge in [-0.1, -0.05) is 89.4 Å². The Hall–Kier alpha value is -3.84. The zero-order valence-electron chi connectivity index (χ0n) is 19.8. The summed E-state index contributed by atoms with van der Waals surface area (Å²) in [7, 11) is 0. The third-order valence-electron chi connectivity index (χ3n) is 5.75. The fraction of sp³-hybridized carbons (Fsp3) is 0.0690. The Labute approximate surface area is 234 Å². The van der Waals surface area contributed by atoms with Crippen LogP contribution in [0, 0.1) is 0 Å². The summed E-state index contributed by atoms with van der Waals surface area (Å²) in [4.78, 5) is 38.0. The van der Waals surface area contributed by atoms with E-state index in [1.54, 1.807) is 0 Å². The highest BCUT2D eigenvalue weighted by molar-refractivity contribution is 6.37. The number of anilines is 1. The lowest BCUT2D eigenvalue weighted by Crippen LogP contribution is -2.42. The van der Waals surface area contributed by atoms with Gasteiger partial charge in [0.1, 0.15) is 6.04 Å². The number of aliphatic carboxylic acids is 1. The zero-order valence-corrected chi connectivity index (χ0v) is 22.0. The highest BCUT2D eigenvalue weighted by Crippen LogP contribution is 2.25. The van der Waals surface area contributed by atoms with E-state index in [4.69, 9.17) is 34.8 Å². The first-order valence-corrected chi connectivity index (χ1v) is 12.6. The standard InChI is InChI=1S/C29H21Cl3N2O4/c30-20-11-13-25(33-27(35)22-12-10-21(31)16-24(22)32)23(15-20)28(36)34-26(29(37)38)14-17-6-8-19(9-7-17)18-4-2-1-3-5-18/h1-13,15-16,26H,14H2,(H,33,35)(H,34,36)(H,37,38). The van der Waals surface area contributed by atoms with Crippen molar-refractivity contribution in [3.05, 3.63) is 123 Å². The van der Waals surface area contributed by atoms with E-state index < -0.39 is 23.8 Å². The molecule has 0 heterocycles. The Morgan fingerprint density at radius 2 is 1.34 bits per heavy atom. The van der Waals surface area contributed by atoms with Gasteiger partial charge in [-0.3, -0.25) is 9.59 Å². The minimum atomic E-state index is -1.22. The molecule has 3 N–H and O–H groups in total. The summed E-state index contributed by atoms with van der Waals surface area (Å²) in [5.74, 6) is -2.49. The van der Waals surface area contributed by atoms with Gasteiger partial charge in [-0.25, -0.2) is 4.79 Å². The third-order valence-corrected chi connectivity index (χ3v) is 6.54. The summed E-state index contributed by atoms with van der Waals surface area (Å²) in [6, 6.07) is 24.7. The molecule has 0 saturated carbocycles. The minimum Gasteiger partial charge on any atom is -0.480 e. The summed E-state index contributed by atoms with van der Waals surface area (Å²) < 4.78 is 0. The molecule has 4 aromatic carbocycles. The molecule has 1 atom stereocenters. The number of hydrogen-bond donors (Lipinski definition) is 3. The van der Waals surface area contributed by atoms with Gasteiger partial charge < -0.3 is 15.7 Å². The van der Waals surface area contributed by atoms with Crippen molar-refractivity contribution in [2.45, 2.75) is 12.5 Å². The van der Waals surface area contributed by atoms with Crippen LogP contribution >= 0.6 is 34.8 Å². The van der Waals surface area contributed by atoms with Crippen LogP contribution in [0.3, 0.4) is 0 Å². The first kappa shape index (κ1) is 27.2. The Bertz CT molecular complexity index is 1490. The monoisotopic (exact) mass is 566 g/mol. The molecule has 0 bridgehead atoms. The summed E-state index contributed by atoms with van der Waals surface area (Å²) in [5, 5.41) is 15.7. The second-order valence-corrected chi connectivity index (χ2v) is 9.68. The maximum absolute atomic E-state index is 13.2. The first-order chi connectivity index (χ1) is 18.2. The normalized spacial score (nSPS) is 11.4. The molecule has 6 nitrogen and oxygen atoms in total. The number of carboxylic acids is 1. The Kier molecular flexibility index (Phi) is 8.69. The van der Waals surface area contributed by atoms with Crippen LogP contribution in [0.25, 0.3) is 11.1 Å². The van der Waals surface area contributed by atoms with E-state index in [9.17, 15) is 19.5 Å². The van der Waals surface area contributed by atoms with Gasteiger partial charge in [-0.05, 0) is 53.1 Å². The number of carbonyl (C=O) groups excluding carboxylic acids is 2. The number of rotatable bonds is 8. The van der Waals surface area contributed by atoms with E-state index in [0.717, 1.165) is 16.7 Å². The molecule has 0 aromatic heterocycles.